The maximum atomic E-state index is 5.84. The normalized spacial score (nSPS) is 12.4. The molecule has 0 bridgehead atoms. The molecule has 0 amide bonds. The molecule has 0 rings (SSSR count). The van der Waals surface area contributed by atoms with Crippen molar-refractivity contribution in [2.75, 3.05) is 54.4 Å². The Bertz CT molecular complexity index is 1380. The van der Waals surface area contributed by atoms with Crippen molar-refractivity contribution >= 4 is 0 Å². The maximum absolute atomic E-state index is 5.84. The van der Waals surface area contributed by atoms with Crippen molar-refractivity contribution in [2.24, 2.45) is 121 Å². The zero-order valence-electron chi connectivity index (χ0n) is 52.6. The van der Waals surface area contributed by atoms with Crippen LogP contribution in [0.3, 0.4) is 0 Å². The summed E-state index contributed by atoms with van der Waals surface area (Å²) in [6.07, 6.45) is 5.01. The number of rotatable bonds is 43. The van der Waals surface area contributed by atoms with Gasteiger partial charge in [-0.1, -0.05) is 150 Å². The predicted molar refractivity (Wildman–Crippen MR) is 327 cm³/mol. The van der Waals surface area contributed by atoms with E-state index in [9.17, 15) is 0 Å². The zero-order valence-corrected chi connectivity index (χ0v) is 52.6. The minimum atomic E-state index is -1.21. The van der Waals surface area contributed by atoms with Gasteiger partial charge in [-0.15, -0.1) is 52.8 Å². The molecule has 0 aliphatic rings. The third-order valence-electron chi connectivity index (χ3n) is 9.16. The van der Waals surface area contributed by atoms with E-state index in [-0.39, 0.29) is 0 Å². The molecule has 0 aromatic rings. The van der Waals surface area contributed by atoms with Gasteiger partial charge in [-0.2, -0.15) is 44.3 Å². The van der Waals surface area contributed by atoms with Crippen molar-refractivity contribution in [3.8, 4) is 0 Å². The van der Waals surface area contributed by atoms with Gasteiger partial charge >= 0.3 is 0 Å². The fourth-order valence-corrected chi connectivity index (χ4v) is 5.88. The van der Waals surface area contributed by atoms with Crippen LogP contribution in [0.2, 0.25) is 0 Å². The summed E-state index contributed by atoms with van der Waals surface area (Å²) in [4.78, 5) is 4.35. The summed E-state index contributed by atoms with van der Waals surface area (Å²) >= 11 is 0. The highest BCUT2D eigenvalue weighted by molar-refractivity contribution is 4.95. The Labute approximate surface area is 495 Å². The molecule has 0 aliphatic carbocycles. The van der Waals surface area contributed by atoms with Gasteiger partial charge < -0.3 is 78.6 Å². The third-order valence-corrected chi connectivity index (χ3v) is 9.16. The van der Waals surface area contributed by atoms with E-state index < -0.39 is 37.7 Å². The van der Waals surface area contributed by atoms with Crippen LogP contribution in [-0.4, -0.2) is 164 Å². The molecule has 0 heterocycles. The van der Waals surface area contributed by atoms with Gasteiger partial charge in [0.25, 0.3) is 0 Å². The Kier molecular flexibility index (Phi) is 63.5. The Hall–Kier alpha value is -2.36. The number of likely N-dealkylation sites (N-methyl/N-ethyl adjacent to an activating group) is 1. The molecule has 0 aliphatic heterocycles. The third kappa shape index (κ3) is 48.4. The van der Waals surface area contributed by atoms with Crippen molar-refractivity contribution in [2.45, 2.75) is 158 Å². The fraction of sp³-hybridized carbons (Fsp3) is 0.892. The molecule has 0 saturated carbocycles. The van der Waals surface area contributed by atoms with Gasteiger partial charge in [0.2, 0.25) is 0 Å². The summed E-state index contributed by atoms with van der Waals surface area (Å²) < 4.78 is 0. The number of nitrogens with one attached hydrogen (secondary N) is 12. The molecule has 0 spiro atoms. The number of hydrogen-bond acceptors (Lipinski definition) is 46. The van der Waals surface area contributed by atoms with E-state index in [1.807, 2.05) is 34.6 Å². The molecular weight excluding hydrogens is 1090 g/mol. The fourth-order valence-electron chi connectivity index (χ4n) is 5.88. The lowest BCUT2D eigenvalue weighted by Gasteiger charge is -2.45. The first-order valence-electron chi connectivity index (χ1n) is 26.9. The standard InChI is InChI=1S/C10H21N.C9H42N22.C7H38N22.C7H15N.2C2H6/c1-6-7-8-10(2,3)9-11(4)5;1-2-3-4-5-6-26(24-28(8(12)13)29(9(14)15)30(18)19)31(23-21-17)25-27(7(10)11)22-20-16;1-2-3-4-24(22-26(6(10)11)27(7(12)13)28(16)17)29(21-19-15)23-25(5(8)9)20-18-14;1-5-7(2)6-8(3)4;2*1-2/h7-8H,6,9H2,1-5H3;7-9,20-25H,2-6,10-19H2,1H3;5-7,18-23H,2-4,8-17H2,1H3;2,5-6H2,1,3-4H3;2*1-2H3/b8-7+;;;;;. The highest BCUT2D eigenvalue weighted by Gasteiger charge is 2.32. The van der Waals surface area contributed by atoms with Gasteiger partial charge in [0.05, 0.1) is 0 Å². The lowest BCUT2D eigenvalue weighted by atomic mass is 9.92. The van der Waals surface area contributed by atoms with E-state index in [0.717, 1.165) is 88.7 Å². The smallest absolute Gasteiger partial charge is 0.141 e. The number of allylic oxidation sites excluding steroid dienone is 1. The molecule has 0 fully saturated rings. The average Bonchev–Trinajstić information content (AvgIpc) is 3.41. The van der Waals surface area contributed by atoms with E-state index >= 15 is 0 Å². The summed E-state index contributed by atoms with van der Waals surface area (Å²) in [7, 11) is 8.34. The van der Waals surface area contributed by atoms with Gasteiger partial charge in [0, 0.05) is 26.2 Å². The topological polar surface area (TPSA) is 710 Å². The van der Waals surface area contributed by atoms with Crippen LogP contribution in [0.1, 0.15) is 121 Å². The van der Waals surface area contributed by atoms with E-state index in [1.165, 1.54) is 26.3 Å². The SMILES string of the molecule is C=C(CC)CN(C)C.CC.CC.CC/C=C/C(C)(C)CN(C)C.CCCCCCN(NN(C(N)N)N(C(N)N)N(N)N)N(NNN)NN(NNN)C(N)N.CCCCN(NN(C(N)N)N(C(N)N)N(N)N)N(NNN)NN(NNN)C(N)N. The summed E-state index contributed by atoms with van der Waals surface area (Å²) in [6, 6.07) is 0. The molecule has 506 valence electrons. The van der Waals surface area contributed by atoms with E-state index in [4.69, 9.17) is 116 Å². The molecule has 0 saturated heterocycles. The van der Waals surface area contributed by atoms with Crippen molar-refractivity contribution < 1.29 is 0 Å². The first-order valence-corrected chi connectivity index (χ1v) is 26.9. The predicted octanol–water partition coefficient (Wildman–Crippen LogP) is -12.5. The minimum absolute atomic E-state index is 0.319. The number of hydrogen-bond donors (Lipinski definition) is 32. The molecule has 0 radical (unpaired) electrons. The quantitative estimate of drug-likeness (QED) is 0.00886. The monoisotopic (exact) mass is 1220 g/mol. The molecule has 46 nitrogen and oxygen atoms in total. The lowest BCUT2D eigenvalue weighted by molar-refractivity contribution is -0.326. The van der Waals surface area contributed by atoms with Gasteiger partial charge in [-0.05, 0) is 59.3 Å². The van der Waals surface area contributed by atoms with Crippen molar-refractivity contribution in [1.29, 1.82) is 0 Å². The van der Waals surface area contributed by atoms with Crippen LogP contribution < -0.4 is 182 Å². The highest BCUT2D eigenvalue weighted by atomic mass is 16.2. The van der Waals surface area contributed by atoms with Gasteiger partial charge in [-0.25, -0.2) is 23.4 Å². The number of unbranched alkanes of at least 4 members (excludes halogenated alkanes) is 4. The van der Waals surface area contributed by atoms with E-state index in [2.05, 4.69) is 158 Å². The van der Waals surface area contributed by atoms with Crippen LogP contribution in [0.4, 0.5) is 0 Å². The maximum Gasteiger partial charge on any atom is 0.141 e. The Morgan fingerprint density at radius 2 is 0.843 bits per heavy atom. The number of hydrazine groups is 30. The first-order chi connectivity index (χ1) is 38.8. The van der Waals surface area contributed by atoms with Crippen molar-refractivity contribution in [1.82, 2.24) is 138 Å². The van der Waals surface area contributed by atoms with E-state index in [0.29, 0.717) is 35.4 Å². The Morgan fingerprint density at radius 1 is 0.482 bits per heavy atom. The van der Waals surface area contributed by atoms with E-state index in [1.54, 1.807) is 0 Å². The zero-order chi connectivity index (χ0) is 66.0. The van der Waals surface area contributed by atoms with Gasteiger partial charge in [-0.3, -0.25) is 23.4 Å². The van der Waals surface area contributed by atoms with Crippen LogP contribution in [0, 0.1) is 5.41 Å². The molecular formula is C37H128N46. The summed E-state index contributed by atoms with van der Waals surface area (Å²) in [6.45, 7) is 27.6. The molecule has 52 N–H and O–H groups in total. The summed E-state index contributed by atoms with van der Waals surface area (Å²) in [5.41, 5.74) is 100. The van der Waals surface area contributed by atoms with Crippen molar-refractivity contribution in [3.05, 3.63) is 24.3 Å². The second kappa shape index (κ2) is 57.4. The van der Waals surface area contributed by atoms with Crippen LogP contribution >= 0.6 is 0 Å². The molecule has 46 heteroatoms. The molecule has 0 aromatic carbocycles. The van der Waals surface area contributed by atoms with Crippen LogP contribution in [-0.2, 0) is 0 Å². The van der Waals surface area contributed by atoms with Crippen LogP contribution in [0.15, 0.2) is 24.3 Å². The highest BCUT2D eigenvalue weighted by Crippen LogP contribution is 2.17. The number of nitrogens with two attached hydrogens (primary N) is 20. The largest absolute Gasteiger partial charge is 0.309 e. The van der Waals surface area contributed by atoms with Crippen LogP contribution in [0.25, 0.3) is 0 Å². The molecule has 0 unspecified atom stereocenters. The van der Waals surface area contributed by atoms with Gasteiger partial charge in [0.15, 0.2) is 0 Å². The second-order valence-electron chi connectivity index (χ2n) is 17.9. The second-order valence-corrected chi connectivity index (χ2v) is 17.9. The summed E-state index contributed by atoms with van der Waals surface area (Å²) in [5, 5.41) is 12.6. The molecule has 0 aromatic heterocycles. The average molecular weight is 1220 g/mol. The summed E-state index contributed by atoms with van der Waals surface area (Å²) in [5.74, 6) is 43.6. The minimum Gasteiger partial charge on any atom is -0.309 e. The molecule has 83 heavy (non-hydrogen) atoms. The Balaban J connectivity index is -0.000000260. The van der Waals surface area contributed by atoms with Crippen LogP contribution in [0.5, 0.6) is 0 Å². The van der Waals surface area contributed by atoms with Gasteiger partial charge in [0.1, 0.15) is 37.7 Å². The lowest BCUT2D eigenvalue weighted by Crippen LogP contribution is -2.81. The van der Waals surface area contributed by atoms with Crippen molar-refractivity contribution in [3.63, 3.8) is 0 Å². The first kappa shape index (κ1) is 91.8. The molecule has 0 atom stereocenters. The number of nitrogens with zero attached hydrogens (tertiary/aromatic N) is 14. The Morgan fingerprint density at radius 3 is 1.08 bits per heavy atom.